The maximum atomic E-state index is 9.51. The molecule has 4 radical (unpaired) electrons. The van der Waals surface area contributed by atoms with Gasteiger partial charge in [-0.15, -0.1) is 0 Å². The standard InChI is InChI=1S/CH4O6S2.Se/c2-8(3,4)1-9(5,6)7;/h1H2,(H,2,3,4)(H,5,6,7);/q;+2/p-2. The molecule has 0 saturated heterocycles. The van der Waals surface area contributed by atoms with Crippen molar-refractivity contribution in [1.82, 2.24) is 0 Å². The van der Waals surface area contributed by atoms with Crippen LogP contribution in [-0.4, -0.2) is 48.1 Å². The third-order valence-electron chi connectivity index (χ3n) is 0.289. The average Bonchev–Trinajstić information content (AvgIpc) is 1.14. The summed E-state index contributed by atoms with van der Waals surface area (Å²) in [6.07, 6.45) is 0. The van der Waals surface area contributed by atoms with Crippen LogP contribution in [0.25, 0.3) is 0 Å². The Morgan fingerprint density at radius 1 is 0.900 bits per heavy atom. The molecule has 0 unspecified atom stereocenters. The summed E-state index contributed by atoms with van der Waals surface area (Å²) in [5.41, 5.74) is 0. The summed E-state index contributed by atoms with van der Waals surface area (Å²) < 4.78 is 57.1. The van der Waals surface area contributed by atoms with Gasteiger partial charge in [0.25, 0.3) is 0 Å². The fraction of sp³-hybridized carbons (Fsp3) is 1.00. The maximum absolute atomic E-state index is 9.51. The van der Waals surface area contributed by atoms with Gasteiger partial charge in [0.1, 0.15) is 25.3 Å². The maximum Gasteiger partial charge on any atom is 2.00 e. The quantitative estimate of drug-likeness (QED) is 0.402. The minimum Gasteiger partial charge on any atom is -0.747 e. The minimum atomic E-state index is -4.93. The molecule has 0 bridgehead atoms. The van der Waals surface area contributed by atoms with Gasteiger partial charge in [0.15, 0.2) is 0 Å². The van der Waals surface area contributed by atoms with E-state index < -0.39 is 25.3 Å². The molecule has 60 valence electrons. The Kier molecular flexibility index (Phi) is 4.73. The van der Waals surface area contributed by atoms with Crippen LogP contribution in [-0.2, 0) is 20.2 Å². The van der Waals surface area contributed by atoms with Crippen LogP contribution in [0.5, 0.6) is 0 Å². The Morgan fingerprint density at radius 3 is 1.10 bits per heavy atom. The van der Waals surface area contributed by atoms with Crippen molar-refractivity contribution >= 4 is 37.3 Å². The van der Waals surface area contributed by atoms with Gasteiger partial charge < -0.3 is 9.11 Å². The summed E-state index contributed by atoms with van der Waals surface area (Å²) in [6.45, 7) is 0. The number of rotatable bonds is 2. The molecule has 0 aromatic heterocycles. The van der Waals surface area contributed by atoms with Crippen molar-refractivity contribution in [2.75, 3.05) is 5.08 Å². The van der Waals surface area contributed by atoms with Crippen molar-refractivity contribution in [2.24, 2.45) is 0 Å². The van der Waals surface area contributed by atoms with Crippen LogP contribution in [0.1, 0.15) is 0 Å². The van der Waals surface area contributed by atoms with E-state index in [0.717, 1.165) is 0 Å². The normalized spacial score (nSPS) is 12.2. The predicted molar refractivity (Wildman–Crippen MR) is 30.0 cm³/mol. The largest absolute Gasteiger partial charge is 2.00 e. The van der Waals surface area contributed by atoms with Crippen LogP contribution < -0.4 is 0 Å². The van der Waals surface area contributed by atoms with Gasteiger partial charge in [-0.05, 0) is 0 Å². The molecule has 0 aromatic carbocycles. The second-order valence-corrected chi connectivity index (χ2v) is 4.41. The molecule has 0 saturated carbocycles. The summed E-state index contributed by atoms with van der Waals surface area (Å²) in [7, 11) is -9.86. The van der Waals surface area contributed by atoms with Gasteiger partial charge in [0, 0.05) is 0 Å². The fourth-order valence-corrected chi connectivity index (χ4v) is 1.59. The third-order valence-corrected chi connectivity index (χ3v) is 2.60. The molecule has 0 aliphatic carbocycles. The van der Waals surface area contributed by atoms with E-state index in [1.54, 1.807) is 0 Å². The average molecular weight is 253 g/mol. The predicted octanol–water partition coefficient (Wildman–Crippen LogP) is -2.35. The van der Waals surface area contributed by atoms with Crippen molar-refractivity contribution < 1.29 is 25.9 Å². The molecule has 0 amide bonds. The first kappa shape index (κ1) is 13.0. The number of hydrogen-bond donors (Lipinski definition) is 0. The Bertz CT molecular complexity index is 241. The van der Waals surface area contributed by atoms with E-state index in [2.05, 4.69) is 0 Å². The van der Waals surface area contributed by atoms with Crippen LogP contribution in [0.3, 0.4) is 0 Å². The van der Waals surface area contributed by atoms with Crippen molar-refractivity contribution in [2.45, 2.75) is 0 Å². The Balaban J connectivity index is 0. The van der Waals surface area contributed by atoms with Gasteiger partial charge in [0.05, 0.1) is 0 Å². The molecule has 0 aliphatic heterocycles. The Labute approximate surface area is 68.6 Å². The van der Waals surface area contributed by atoms with Crippen LogP contribution >= 0.6 is 0 Å². The summed E-state index contributed by atoms with van der Waals surface area (Å²) in [5, 5.41) is -1.88. The molecule has 0 heterocycles. The van der Waals surface area contributed by atoms with E-state index >= 15 is 0 Å². The molecule has 0 fully saturated rings. The Hall–Kier alpha value is 0.339. The second kappa shape index (κ2) is 3.65. The second-order valence-electron chi connectivity index (χ2n) is 1.23. The zero-order valence-electron chi connectivity index (χ0n) is 4.38. The third kappa shape index (κ3) is 11.2. The van der Waals surface area contributed by atoms with Gasteiger partial charge >= 0.3 is 17.1 Å². The first-order chi connectivity index (χ1) is 3.71. The molecule has 10 heavy (non-hydrogen) atoms. The summed E-state index contributed by atoms with van der Waals surface area (Å²) >= 11 is 0. The zero-order valence-corrected chi connectivity index (χ0v) is 7.73. The molecule has 9 heteroatoms. The van der Waals surface area contributed by atoms with Gasteiger partial charge in [-0.25, -0.2) is 16.8 Å². The van der Waals surface area contributed by atoms with Crippen molar-refractivity contribution in [3.05, 3.63) is 0 Å². The smallest absolute Gasteiger partial charge is 0.747 e. The monoisotopic (exact) mass is 254 g/mol. The SMILES string of the molecule is O=S(=O)([O-])CS(=O)(=O)[O-].[Se+2]. The molecular formula is CH2O6S2Se. The first-order valence-corrected chi connectivity index (χ1v) is 4.73. The minimum absolute atomic E-state index is 0. The van der Waals surface area contributed by atoms with Gasteiger partial charge in [-0.2, -0.15) is 0 Å². The van der Waals surface area contributed by atoms with Crippen LogP contribution in [0, 0.1) is 0 Å². The van der Waals surface area contributed by atoms with Gasteiger partial charge in [0.2, 0.25) is 0 Å². The van der Waals surface area contributed by atoms with E-state index in [0.29, 0.717) is 0 Å². The van der Waals surface area contributed by atoms with Gasteiger partial charge in [-0.3, -0.25) is 0 Å². The van der Waals surface area contributed by atoms with Crippen LogP contribution in [0.2, 0.25) is 0 Å². The van der Waals surface area contributed by atoms with E-state index in [-0.39, 0.29) is 17.1 Å². The molecule has 0 N–H and O–H groups in total. The molecule has 6 nitrogen and oxygen atoms in total. The van der Waals surface area contributed by atoms with Crippen LogP contribution in [0.15, 0.2) is 0 Å². The van der Waals surface area contributed by atoms with Crippen molar-refractivity contribution in [3.63, 3.8) is 0 Å². The fourth-order valence-electron chi connectivity index (χ4n) is 0.177. The van der Waals surface area contributed by atoms with Crippen LogP contribution in [0.4, 0.5) is 0 Å². The summed E-state index contributed by atoms with van der Waals surface area (Å²) in [6, 6.07) is 0. The van der Waals surface area contributed by atoms with E-state index in [4.69, 9.17) is 0 Å². The van der Waals surface area contributed by atoms with Crippen molar-refractivity contribution in [3.8, 4) is 0 Å². The molecule has 0 spiro atoms. The van der Waals surface area contributed by atoms with E-state index in [9.17, 15) is 25.9 Å². The van der Waals surface area contributed by atoms with Crippen molar-refractivity contribution in [1.29, 1.82) is 0 Å². The molecule has 0 atom stereocenters. The molecule has 0 aromatic rings. The topological polar surface area (TPSA) is 114 Å². The molecule has 0 aliphatic rings. The summed E-state index contributed by atoms with van der Waals surface area (Å²) in [5.74, 6) is 0. The Morgan fingerprint density at radius 2 is 1.10 bits per heavy atom. The zero-order chi connectivity index (χ0) is 7.71. The number of hydrogen-bond acceptors (Lipinski definition) is 6. The van der Waals surface area contributed by atoms with Gasteiger partial charge in [-0.1, -0.05) is 0 Å². The van der Waals surface area contributed by atoms with E-state index in [1.807, 2.05) is 0 Å². The first-order valence-electron chi connectivity index (χ1n) is 1.58. The summed E-state index contributed by atoms with van der Waals surface area (Å²) in [4.78, 5) is 0. The van der Waals surface area contributed by atoms with E-state index in [1.165, 1.54) is 0 Å². The molecule has 0 rings (SSSR count). The molecular weight excluding hydrogens is 251 g/mol.